The minimum atomic E-state index is 0.405. The molecule has 2 heteroatoms. The number of nitrogens with one attached hydrogen (secondary N) is 1. The first-order chi connectivity index (χ1) is 5.66. The number of hydrogen-bond acceptors (Lipinski definition) is 2. The fourth-order valence-electron chi connectivity index (χ4n) is 1.71. The molecule has 0 fully saturated rings. The number of rotatable bonds is 2. The smallest absolute Gasteiger partial charge is 0.0351 e. The van der Waals surface area contributed by atoms with Crippen molar-refractivity contribution in [2.75, 3.05) is 7.05 Å². The number of allylic oxidation sites excluding steroid dienone is 2. The van der Waals surface area contributed by atoms with E-state index in [0.717, 1.165) is 0 Å². The van der Waals surface area contributed by atoms with E-state index in [2.05, 4.69) is 50.0 Å². The Labute approximate surface area is 80.3 Å². The van der Waals surface area contributed by atoms with Gasteiger partial charge in [-0.25, -0.2) is 0 Å². The largest absolute Gasteiger partial charge is 0.313 e. The van der Waals surface area contributed by atoms with Gasteiger partial charge >= 0.3 is 0 Å². The second kappa shape index (κ2) is 4.15. The second-order valence-corrected chi connectivity index (χ2v) is 4.19. The quantitative estimate of drug-likeness (QED) is 0.624. The standard InChI is InChI=1S/C10H17NS/c1-7-5-4-6-9(8(2)12)10(7)11-3/h4-6,8-12H,1-3H3/t8?,9-,10?/m0/s1. The zero-order valence-corrected chi connectivity index (χ0v) is 8.81. The molecule has 0 saturated heterocycles. The van der Waals surface area contributed by atoms with Gasteiger partial charge in [0.2, 0.25) is 0 Å². The molecule has 0 bridgehead atoms. The first-order valence-corrected chi connectivity index (χ1v) is 4.88. The minimum Gasteiger partial charge on any atom is -0.313 e. The fraction of sp³-hybridized carbons (Fsp3) is 0.600. The van der Waals surface area contributed by atoms with Gasteiger partial charge in [-0.15, -0.1) is 0 Å². The van der Waals surface area contributed by atoms with Gasteiger partial charge in [-0.2, -0.15) is 12.6 Å². The maximum Gasteiger partial charge on any atom is 0.0351 e. The van der Waals surface area contributed by atoms with Crippen LogP contribution in [0.25, 0.3) is 0 Å². The lowest BCUT2D eigenvalue weighted by Gasteiger charge is -2.30. The predicted molar refractivity (Wildman–Crippen MR) is 57.7 cm³/mol. The Morgan fingerprint density at radius 2 is 2.25 bits per heavy atom. The predicted octanol–water partition coefficient (Wildman–Crippen LogP) is 2.02. The summed E-state index contributed by atoms with van der Waals surface area (Å²) < 4.78 is 0. The Morgan fingerprint density at radius 1 is 1.58 bits per heavy atom. The molecule has 0 spiro atoms. The van der Waals surface area contributed by atoms with E-state index in [0.29, 0.717) is 17.2 Å². The highest BCUT2D eigenvalue weighted by atomic mass is 32.1. The third-order valence-corrected chi connectivity index (χ3v) is 2.78. The molecule has 1 N–H and O–H groups in total. The van der Waals surface area contributed by atoms with Crippen LogP contribution >= 0.6 is 12.6 Å². The summed E-state index contributed by atoms with van der Waals surface area (Å²) in [6.07, 6.45) is 6.51. The highest BCUT2D eigenvalue weighted by Gasteiger charge is 2.23. The van der Waals surface area contributed by atoms with Gasteiger partial charge in [-0.1, -0.05) is 30.7 Å². The Kier molecular flexibility index (Phi) is 3.41. The van der Waals surface area contributed by atoms with Gasteiger partial charge in [0.1, 0.15) is 0 Å². The zero-order chi connectivity index (χ0) is 9.14. The molecule has 0 saturated carbocycles. The highest BCUT2D eigenvalue weighted by Crippen LogP contribution is 2.24. The van der Waals surface area contributed by atoms with E-state index < -0.39 is 0 Å². The van der Waals surface area contributed by atoms with Crippen LogP contribution in [-0.2, 0) is 0 Å². The fourth-order valence-corrected chi connectivity index (χ4v) is 1.98. The topological polar surface area (TPSA) is 12.0 Å². The van der Waals surface area contributed by atoms with Crippen molar-refractivity contribution in [1.82, 2.24) is 5.32 Å². The molecule has 0 aromatic rings. The van der Waals surface area contributed by atoms with E-state index in [4.69, 9.17) is 0 Å². The van der Waals surface area contributed by atoms with Crippen molar-refractivity contribution >= 4 is 12.6 Å². The van der Waals surface area contributed by atoms with Gasteiger partial charge < -0.3 is 5.32 Å². The van der Waals surface area contributed by atoms with Gasteiger partial charge in [0.15, 0.2) is 0 Å². The molecule has 3 atom stereocenters. The molecule has 0 amide bonds. The van der Waals surface area contributed by atoms with Crippen molar-refractivity contribution in [3.8, 4) is 0 Å². The average Bonchev–Trinajstić information content (AvgIpc) is 2.03. The molecule has 1 aliphatic rings. The molecular weight excluding hydrogens is 166 g/mol. The highest BCUT2D eigenvalue weighted by molar-refractivity contribution is 7.80. The SMILES string of the molecule is CNC1C(C)=CC=C[C@H]1C(C)S. The molecule has 68 valence electrons. The lowest BCUT2D eigenvalue weighted by Crippen LogP contribution is -2.38. The summed E-state index contributed by atoms with van der Waals surface area (Å²) in [6, 6.07) is 0.461. The van der Waals surface area contributed by atoms with E-state index in [9.17, 15) is 0 Å². The van der Waals surface area contributed by atoms with E-state index >= 15 is 0 Å². The van der Waals surface area contributed by atoms with Crippen LogP contribution in [0.5, 0.6) is 0 Å². The molecule has 0 aromatic heterocycles. The summed E-state index contributed by atoms with van der Waals surface area (Å²) in [5, 5.41) is 3.72. The van der Waals surface area contributed by atoms with Crippen LogP contribution < -0.4 is 5.32 Å². The average molecular weight is 183 g/mol. The molecule has 12 heavy (non-hydrogen) atoms. The maximum absolute atomic E-state index is 4.48. The Balaban J connectivity index is 2.77. The monoisotopic (exact) mass is 183 g/mol. The Hall–Kier alpha value is -0.210. The van der Waals surface area contributed by atoms with Crippen molar-refractivity contribution in [3.63, 3.8) is 0 Å². The molecular formula is C10H17NS. The molecule has 0 radical (unpaired) electrons. The van der Waals surface area contributed by atoms with Crippen LogP contribution in [0, 0.1) is 5.92 Å². The van der Waals surface area contributed by atoms with Crippen molar-refractivity contribution in [3.05, 3.63) is 23.8 Å². The van der Waals surface area contributed by atoms with Crippen molar-refractivity contribution in [2.45, 2.75) is 25.1 Å². The summed E-state index contributed by atoms with van der Waals surface area (Å²) in [5.74, 6) is 0.517. The molecule has 0 aromatic carbocycles. The first kappa shape index (κ1) is 9.87. The summed E-state index contributed by atoms with van der Waals surface area (Å²) in [4.78, 5) is 0. The second-order valence-electron chi connectivity index (χ2n) is 3.38. The lowest BCUT2D eigenvalue weighted by molar-refractivity contribution is 0.479. The summed E-state index contributed by atoms with van der Waals surface area (Å²) in [5.41, 5.74) is 1.39. The Morgan fingerprint density at radius 3 is 2.67 bits per heavy atom. The summed E-state index contributed by atoms with van der Waals surface area (Å²) in [7, 11) is 2.00. The van der Waals surface area contributed by atoms with E-state index in [1.54, 1.807) is 0 Å². The van der Waals surface area contributed by atoms with Crippen LogP contribution in [0.3, 0.4) is 0 Å². The van der Waals surface area contributed by atoms with Gasteiger partial charge in [-0.3, -0.25) is 0 Å². The zero-order valence-electron chi connectivity index (χ0n) is 7.91. The van der Waals surface area contributed by atoms with Gasteiger partial charge in [-0.05, 0) is 14.0 Å². The van der Waals surface area contributed by atoms with Crippen LogP contribution in [0.4, 0.5) is 0 Å². The van der Waals surface area contributed by atoms with Gasteiger partial charge in [0.05, 0.1) is 0 Å². The van der Waals surface area contributed by atoms with E-state index in [-0.39, 0.29) is 0 Å². The third kappa shape index (κ3) is 1.93. The van der Waals surface area contributed by atoms with Crippen LogP contribution in [0.1, 0.15) is 13.8 Å². The normalized spacial score (nSPS) is 31.5. The molecule has 1 aliphatic carbocycles. The molecule has 2 unspecified atom stereocenters. The molecule has 0 aliphatic heterocycles. The summed E-state index contributed by atoms with van der Waals surface area (Å²) in [6.45, 7) is 4.30. The molecule has 1 nitrogen and oxygen atoms in total. The Bertz CT molecular complexity index is 206. The van der Waals surface area contributed by atoms with Gasteiger partial charge in [0.25, 0.3) is 0 Å². The summed E-state index contributed by atoms with van der Waals surface area (Å²) >= 11 is 4.48. The number of likely N-dealkylation sites (N-methyl/N-ethyl adjacent to an activating group) is 1. The van der Waals surface area contributed by atoms with E-state index in [1.807, 2.05) is 7.05 Å². The van der Waals surface area contributed by atoms with Crippen LogP contribution in [0.2, 0.25) is 0 Å². The van der Waals surface area contributed by atoms with Crippen molar-refractivity contribution in [2.24, 2.45) is 5.92 Å². The number of thiol groups is 1. The van der Waals surface area contributed by atoms with Gasteiger partial charge in [0, 0.05) is 17.2 Å². The molecule has 1 rings (SSSR count). The van der Waals surface area contributed by atoms with Crippen LogP contribution in [0.15, 0.2) is 23.8 Å². The van der Waals surface area contributed by atoms with Crippen LogP contribution in [-0.4, -0.2) is 18.3 Å². The van der Waals surface area contributed by atoms with Crippen molar-refractivity contribution < 1.29 is 0 Å². The molecule has 0 heterocycles. The first-order valence-electron chi connectivity index (χ1n) is 4.37. The number of hydrogen-bond donors (Lipinski definition) is 2. The lowest BCUT2D eigenvalue weighted by atomic mass is 9.87. The van der Waals surface area contributed by atoms with Crippen molar-refractivity contribution in [1.29, 1.82) is 0 Å². The maximum atomic E-state index is 4.48. The van der Waals surface area contributed by atoms with E-state index in [1.165, 1.54) is 5.57 Å². The third-order valence-electron chi connectivity index (χ3n) is 2.44. The minimum absolute atomic E-state index is 0.405.